The highest BCUT2D eigenvalue weighted by Gasteiger charge is 2.15. The zero-order chi connectivity index (χ0) is 10.5. The number of ether oxygens (including phenoxy) is 1. The van der Waals surface area contributed by atoms with Gasteiger partial charge in [0.05, 0.1) is 6.61 Å². The van der Waals surface area contributed by atoms with Crippen molar-refractivity contribution in [2.75, 3.05) is 6.61 Å². The second kappa shape index (κ2) is 5.48. The average Bonchev–Trinajstić information content (AvgIpc) is 1.95. The summed E-state index contributed by atoms with van der Waals surface area (Å²) in [5, 5.41) is 0. The molecule has 0 aliphatic carbocycles. The van der Waals surface area contributed by atoms with Gasteiger partial charge in [-0.05, 0) is 26.2 Å². The van der Waals surface area contributed by atoms with E-state index in [1.807, 2.05) is 27.7 Å². The Morgan fingerprint density at radius 3 is 2.38 bits per heavy atom. The maximum Gasteiger partial charge on any atom is 0.305 e. The van der Waals surface area contributed by atoms with Crippen LogP contribution in [-0.4, -0.2) is 17.5 Å². The predicted molar refractivity (Wildman–Crippen MR) is 55.0 cm³/mol. The maximum atomic E-state index is 11.1. The predicted octanol–water partition coefficient (Wildman–Crippen LogP) is 2.98. The van der Waals surface area contributed by atoms with Crippen molar-refractivity contribution in [2.24, 2.45) is 5.92 Å². The summed E-state index contributed by atoms with van der Waals surface area (Å²) in [5.74, 6) is 0.246. The zero-order valence-corrected chi connectivity index (χ0v) is 9.65. The van der Waals surface area contributed by atoms with Gasteiger partial charge in [-0.2, -0.15) is 0 Å². The van der Waals surface area contributed by atoms with E-state index in [9.17, 15) is 4.79 Å². The van der Waals surface area contributed by atoms with Crippen molar-refractivity contribution in [3.63, 3.8) is 0 Å². The number of esters is 1. The lowest BCUT2D eigenvalue weighted by atomic mass is 10.1. The summed E-state index contributed by atoms with van der Waals surface area (Å²) in [6.07, 6.45) is 1.06. The third-order valence-electron chi connectivity index (χ3n) is 1.50. The fraction of sp³-hybridized carbons (Fsp3) is 0.900. The van der Waals surface area contributed by atoms with Crippen molar-refractivity contribution in [3.05, 3.63) is 0 Å². The van der Waals surface area contributed by atoms with Gasteiger partial charge in [-0.25, -0.2) is 0 Å². The van der Waals surface area contributed by atoms with E-state index < -0.39 is 0 Å². The molecule has 78 valence electrons. The maximum absolute atomic E-state index is 11.1. The Labute approximate surface area is 85.6 Å². The second-order valence-electron chi connectivity index (χ2n) is 4.30. The second-order valence-corrected chi connectivity index (χ2v) is 5.32. The van der Waals surface area contributed by atoms with Crippen molar-refractivity contribution < 1.29 is 9.53 Å². The van der Waals surface area contributed by atoms with E-state index in [0.717, 1.165) is 0 Å². The van der Waals surface area contributed by atoms with Gasteiger partial charge in [-0.3, -0.25) is 4.79 Å². The van der Waals surface area contributed by atoms with Crippen LogP contribution in [0.5, 0.6) is 0 Å². The third kappa shape index (κ3) is 9.68. The Morgan fingerprint density at radius 1 is 1.46 bits per heavy atom. The van der Waals surface area contributed by atoms with Crippen LogP contribution in [0.4, 0.5) is 0 Å². The first-order chi connectivity index (χ1) is 5.81. The van der Waals surface area contributed by atoms with E-state index in [1.165, 1.54) is 0 Å². The minimum Gasteiger partial charge on any atom is -0.465 e. The fourth-order valence-corrected chi connectivity index (χ4v) is 0.826. The van der Waals surface area contributed by atoms with Crippen molar-refractivity contribution >= 4 is 17.6 Å². The molecule has 0 saturated carbocycles. The molecule has 0 radical (unpaired) electrons. The van der Waals surface area contributed by atoms with Gasteiger partial charge in [0.1, 0.15) is 0 Å². The Hall–Kier alpha value is -0.240. The molecule has 0 saturated heterocycles. The summed E-state index contributed by atoms with van der Waals surface area (Å²) in [5.41, 5.74) is 0. The lowest BCUT2D eigenvalue weighted by molar-refractivity contribution is -0.144. The minimum atomic E-state index is -0.309. The van der Waals surface area contributed by atoms with Crippen LogP contribution in [-0.2, 0) is 9.53 Å². The van der Waals surface area contributed by atoms with Gasteiger partial charge in [0.15, 0.2) is 0 Å². The van der Waals surface area contributed by atoms with E-state index in [2.05, 4.69) is 0 Å². The van der Waals surface area contributed by atoms with Gasteiger partial charge in [-0.15, -0.1) is 11.6 Å². The van der Waals surface area contributed by atoms with E-state index in [4.69, 9.17) is 16.3 Å². The van der Waals surface area contributed by atoms with Gasteiger partial charge in [0.2, 0.25) is 0 Å². The van der Waals surface area contributed by atoms with E-state index in [0.29, 0.717) is 25.4 Å². The Morgan fingerprint density at radius 2 is 2.00 bits per heavy atom. The molecule has 0 aromatic heterocycles. The number of alkyl halides is 1. The molecule has 0 aromatic rings. The Bertz CT molecular complexity index is 159. The summed E-state index contributed by atoms with van der Waals surface area (Å²) in [6, 6.07) is 0. The Balaban J connectivity index is 3.53. The smallest absolute Gasteiger partial charge is 0.305 e. The molecule has 0 aromatic carbocycles. The zero-order valence-electron chi connectivity index (χ0n) is 8.89. The van der Waals surface area contributed by atoms with Crippen LogP contribution in [0.2, 0.25) is 0 Å². The molecule has 2 nitrogen and oxygen atoms in total. The highest BCUT2D eigenvalue weighted by atomic mass is 35.5. The molecule has 0 fully saturated rings. The number of hydrogen-bond donors (Lipinski definition) is 0. The van der Waals surface area contributed by atoms with Crippen LogP contribution >= 0.6 is 11.6 Å². The number of halogens is 1. The van der Waals surface area contributed by atoms with Gasteiger partial charge >= 0.3 is 5.97 Å². The average molecular weight is 207 g/mol. The van der Waals surface area contributed by atoms with Crippen LogP contribution in [0, 0.1) is 5.92 Å². The van der Waals surface area contributed by atoms with Gasteiger partial charge in [0.25, 0.3) is 0 Å². The first-order valence-corrected chi connectivity index (χ1v) is 5.03. The molecule has 0 amide bonds. The molecule has 13 heavy (non-hydrogen) atoms. The van der Waals surface area contributed by atoms with E-state index in [-0.39, 0.29) is 10.8 Å². The quantitative estimate of drug-likeness (QED) is 0.511. The number of carbonyl (C=O) groups excluding carboxylic acids is 1. The van der Waals surface area contributed by atoms with E-state index in [1.54, 1.807) is 0 Å². The standard InChI is InChI=1S/C10H19ClO2/c1-8(2)7-13-9(12)5-6-10(3,4)11/h8H,5-7H2,1-4H3. The molecule has 0 aliphatic heterocycles. The van der Waals surface area contributed by atoms with Gasteiger partial charge in [0, 0.05) is 11.3 Å². The minimum absolute atomic E-state index is 0.151. The summed E-state index contributed by atoms with van der Waals surface area (Å²) >= 11 is 5.93. The summed E-state index contributed by atoms with van der Waals surface area (Å²) < 4.78 is 5.00. The molecule has 0 rings (SSSR count). The molecule has 0 bridgehead atoms. The molecular weight excluding hydrogens is 188 g/mol. The fourth-order valence-electron chi connectivity index (χ4n) is 0.731. The van der Waals surface area contributed by atoms with Crippen LogP contribution < -0.4 is 0 Å². The monoisotopic (exact) mass is 206 g/mol. The van der Waals surface area contributed by atoms with Gasteiger partial charge < -0.3 is 4.74 Å². The Kier molecular flexibility index (Phi) is 5.38. The van der Waals surface area contributed by atoms with E-state index >= 15 is 0 Å². The molecule has 0 unspecified atom stereocenters. The first-order valence-electron chi connectivity index (χ1n) is 4.66. The first kappa shape index (κ1) is 12.8. The van der Waals surface area contributed by atoms with Crippen molar-refractivity contribution in [1.29, 1.82) is 0 Å². The molecule has 3 heteroatoms. The molecule has 0 atom stereocenters. The van der Waals surface area contributed by atoms with Crippen molar-refractivity contribution in [3.8, 4) is 0 Å². The largest absolute Gasteiger partial charge is 0.465 e. The molecule has 0 aliphatic rings. The number of hydrogen-bond acceptors (Lipinski definition) is 2. The van der Waals surface area contributed by atoms with Crippen LogP contribution in [0.1, 0.15) is 40.5 Å². The van der Waals surface area contributed by atoms with Crippen molar-refractivity contribution in [1.82, 2.24) is 0 Å². The normalized spacial score (nSPS) is 11.8. The van der Waals surface area contributed by atoms with Crippen LogP contribution in [0.3, 0.4) is 0 Å². The van der Waals surface area contributed by atoms with Crippen LogP contribution in [0.15, 0.2) is 0 Å². The number of carbonyl (C=O) groups is 1. The third-order valence-corrected chi connectivity index (χ3v) is 1.69. The topological polar surface area (TPSA) is 26.3 Å². The lowest BCUT2D eigenvalue weighted by Gasteiger charge is -2.14. The highest BCUT2D eigenvalue weighted by molar-refractivity contribution is 6.23. The lowest BCUT2D eigenvalue weighted by Crippen LogP contribution is -2.15. The molecule has 0 N–H and O–H groups in total. The SMILES string of the molecule is CC(C)COC(=O)CCC(C)(C)Cl. The summed E-state index contributed by atoms with van der Waals surface area (Å²) in [6.45, 7) is 8.31. The summed E-state index contributed by atoms with van der Waals surface area (Å²) in [4.78, 5) is 10.8. The van der Waals surface area contributed by atoms with Crippen molar-refractivity contribution in [2.45, 2.75) is 45.4 Å². The molecular formula is C10H19ClO2. The molecule has 0 heterocycles. The highest BCUT2D eigenvalue weighted by Crippen LogP contribution is 2.19. The molecule has 0 spiro atoms. The van der Waals surface area contributed by atoms with Gasteiger partial charge in [-0.1, -0.05) is 13.8 Å². The number of rotatable bonds is 5. The summed E-state index contributed by atoms with van der Waals surface area (Å²) in [7, 11) is 0. The van der Waals surface area contributed by atoms with Crippen LogP contribution in [0.25, 0.3) is 0 Å².